The van der Waals surface area contributed by atoms with Gasteiger partial charge in [-0.1, -0.05) is 6.08 Å². The Morgan fingerprint density at radius 3 is 2.67 bits per heavy atom. The van der Waals surface area contributed by atoms with Crippen LogP contribution in [0.2, 0.25) is 0 Å². The first-order chi connectivity index (χ1) is 6.85. The normalized spacial score (nSPS) is 25.7. The number of β-amino-alcohol motifs (C(OH)–C–C–N with tert-alkyl or cyclic N) is 1. The molecule has 1 amide bonds. The van der Waals surface area contributed by atoms with Gasteiger partial charge in [-0.2, -0.15) is 0 Å². The SMILES string of the molecule is C=CCC1[C@@H](O)CN1C(=O)OC(C)(C)C. The molecule has 15 heavy (non-hydrogen) atoms. The summed E-state index contributed by atoms with van der Waals surface area (Å²) in [6, 6.07) is -0.169. The molecule has 4 nitrogen and oxygen atoms in total. The number of carbonyl (C=O) groups excluding carboxylic acids is 1. The summed E-state index contributed by atoms with van der Waals surface area (Å²) >= 11 is 0. The molecule has 1 N–H and O–H groups in total. The number of amides is 1. The monoisotopic (exact) mass is 213 g/mol. The fourth-order valence-electron chi connectivity index (χ4n) is 1.51. The molecule has 0 aromatic heterocycles. The lowest BCUT2D eigenvalue weighted by Gasteiger charge is -2.45. The van der Waals surface area contributed by atoms with Crippen molar-refractivity contribution in [2.75, 3.05) is 6.54 Å². The molecule has 1 aliphatic heterocycles. The zero-order valence-corrected chi connectivity index (χ0v) is 9.56. The van der Waals surface area contributed by atoms with Crippen molar-refractivity contribution in [2.45, 2.75) is 44.9 Å². The minimum atomic E-state index is -0.490. The van der Waals surface area contributed by atoms with Gasteiger partial charge in [0.15, 0.2) is 0 Å². The number of aliphatic hydroxyl groups excluding tert-OH is 1. The Hall–Kier alpha value is -1.03. The average Bonchev–Trinajstić information content (AvgIpc) is 2.07. The van der Waals surface area contributed by atoms with Gasteiger partial charge in [-0.3, -0.25) is 4.90 Å². The molecule has 1 saturated heterocycles. The van der Waals surface area contributed by atoms with Crippen LogP contribution in [-0.2, 0) is 4.74 Å². The van der Waals surface area contributed by atoms with Crippen LogP contribution >= 0.6 is 0 Å². The zero-order chi connectivity index (χ0) is 11.6. The number of likely N-dealkylation sites (tertiary alicyclic amines) is 1. The minimum Gasteiger partial charge on any atom is -0.444 e. The highest BCUT2D eigenvalue weighted by Gasteiger charge is 2.41. The maximum atomic E-state index is 11.6. The molecule has 0 radical (unpaired) electrons. The van der Waals surface area contributed by atoms with Crippen LogP contribution in [0.5, 0.6) is 0 Å². The van der Waals surface area contributed by atoms with E-state index in [1.807, 2.05) is 20.8 Å². The first kappa shape index (κ1) is 12.0. The van der Waals surface area contributed by atoms with E-state index < -0.39 is 11.7 Å². The number of nitrogens with zero attached hydrogens (tertiary/aromatic N) is 1. The third-order valence-corrected chi connectivity index (χ3v) is 2.26. The molecule has 4 heteroatoms. The predicted octanol–water partition coefficient (Wildman–Crippen LogP) is 1.54. The van der Waals surface area contributed by atoms with Crippen LogP contribution in [0.4, 0.5) is 4.79 Å². The van der Waals surface area contributed by atoms with Crippen LogP contribution in [0.3, 0.4) is 0 Å². The van der Waals surface area contributed by atoms with E-state index in [1.165, 1.54) is 4.90 Å². The van der Waals surface area contributed by atoms with E-state index >= 15 is 0 Å². The fourth-order valence-corrected chi connectivity index (χ4v) is 1.51. The molecule has 86 valence electrons. The standard InChI is InChI=1S/C11H19NO3/c1-5-6-8-9(13)7-12(8)10(14)15-11(2,3)4/h5,8-9,13H,1,6-7H2,2-4H3/t8?,9-/m0/s1. The number of hydrogen-bond donors (Lipinski definition) is 1. The molecule has 0 saturated carbocycles. The lowest BCUT2D eigenvalue weighted by molar-refractivity contribution is -0.0692. The summed E-state index contributed by atoms with van der Waals surface area (Å²) in [4.78, 5) is 13.2. The second kappa shape index (κ2) is 4.23. The van der Waals surface area contributed by atoms with Crippen molar-refractivity contribution in [3.8, 4) is 0 Å². The summed E-state index contributed by atoms with van der Waals surface area (Å²) in [5.74, 6) is 0. The third-order valence-electron chi connectivity index (χ3n) is 2.26. The molecular formula is C11H19NO3. The van der Waals surface area contributed by atoms with E-state index in [1.54, 1.807) is 6.08 Å². The van der Waals surface area contributed by atoms with Gasteiger partial charge < -0.3 is 9.84 Å². The Morgan fingerprint density at radius 2 is 2.27 bits per heavy atom. The highest BCUT2D eigenvalue weighted by Crippen LogP contribution is 2.24. The summed E-state index contributed by atoms with van der Waals surface area (Å²) in [6.07, 6.45) is 1.49. The fraction of sp³-hybridized carbons (Fsp3) is 0.727. The molecule has 1 unspecified atom stereocenters. The molecule has 0 aromatic carbocycles. The van der Waals surface area contributed by atoms with Gasteiger partial charge in [0.05, 0.1) is 18.7 Å². The van der Waals surface area contributed by atoms with E-state index in [0.29, 0.717) is 13.0 Å². The largest absolute Gasteiger partial charge is 0.444 e. The van der Waals surface area contributed by atoms with E-state index in [9.17, 15) is 9.90 Å². The highest BCUT2D eigenvalue weighted by molar-refractivity contribution is 5.70. The van der Waals surface area contributed by atoms with Crippen LogP contribution in [0.15, 0.2) is 12.7 Å². The topological polar surface area (TPSA) is 49.8 Å². The summed E-state index contributed by atoms with van der Waals surface area (Å²) < 4.78 is 5.21. The van der Waals surface area contributed by atoms with Crippen LogP contribution in [0, 0.1) is 0 Å². The van der Waals surface area contributed by atoms with E-state index in [-0.39, 0.29) is 12.1 Å². The van der Waals surface area contributed by atoms with Gasteiger partial charge in [0.2, 0.25) is 0 Å². The van der Waals surface area contributed by atoms with Crippen LogP contribution in [0.1, 0.15) is 27.2 Å². The molecule has 1 aliphatic rings. The van der Waals surface area contributed by atoms with Crippen molar-refractivity contribution in [1.82, 2.24) is 4.90 Å². The third kappa shape index (κ3) is 2.96. The van der Waals surface area contributed by atoms with Crippen LogP contribution < -0.4 is 0 Å². The summed E-state index contributed by atoms with van der Waals surface area (Å²) in [6.45, 7) is 9.42. The van der Waals surface area contributed by atoms with Crippen molar-refractivity contribution in [3.63, 3.8) is 0 Å². The number of rotatable bonds is 2. The summed E-state index contributed by atoms with van der Waals surface area (Å²) in [5.41, 5.74) is -0.490. The molecule has 1 fully saturated rings. The minimum absolute atomic E-state index is 0.169. The van der Waals surface area contributed by atoms with Gasteiger partial charge in [-0.25, -0.2) is 4.79 Å². The van der Waals surface area contributed by atoms with Gasteiger partial charge in [-0.05, 0) is 27.2 Å². The molecule has 2 atom stereocenters. The number of ether oxygens (including phenoxy) is 1. The van der Waals surface area contributed by atoms with Gasteiger partial charge in [0.1, 0.15) is 5.60 Å². The predicted molar refractivity (Wildman–Crippen MR) is 57.5 cm³/mol. The van der Waals surface area contributed by atoms with Crippen molar-refractivity contribution < 1.29 is 14.6 Å². The Balaban J connectivity index is 2.51. The number of aliphatic hydroxyl groups is 1. The quantitative estimate of drug-likeness (QED) is 0.708. The Labute approximate surface area is 90.5 Å². The summed E-state index contributed by atoms with van der Waals surface area (Å²) in [7, 11) is 0. The number of carbonyl (C=O) groups is 1. The zero-order valence-electron chi connectivity index (χ0n) is 9.56. The van der Waals surface area contributed by atoms with E-state index in [2.05, 4.69) is 6.58 Å². The number of hydrogen-bond acceptors (Lipinski definition) is 3. The molecule has 1 rings (SSSR count). The maximum Gasteiger partial charge on any atom is 0.410 e. The average molecular weight is 213 g/mol. The van der Waals surface area contributed by atoms with E-state index in [4.69, 9.17) is 4.74 Å². The molecule has 0 bridgehead atoms. The van der Waals surface area contributed by atoms with Crippen LogP contribution in [-0.4, -0.2) is 40.4 Å². The Kier molecular flexibility index (Phi) is 3.39. The van der Waals surface area contributed by atoms with Gasteiger partial charge in [0, 0.05) is 0 Å². The van der Waals surface area contributed by atoms with Crippen molar-refractivity contribution in [1.29, 1.82) is 0 Å². The van der Waals surface area contributed by atoms with Gasteiger partial charge in [-0.15, -0.1) is 6.58 Å². The second-order valence-corrected chi connectivity index (χ2v) is 4.79. The Bertz CT molecular complexity index is 257. The maximum absolute atomic E-state index is 11.6. The first-order valence-corrected chi connectivity index (χ1v) is 5.13. The smallest absolute Gasteiger partial charge is 0.410 e. The van der Waals surface area contributed by atoms with Gasteiger partial charge in [0.25, 0.3) is 0 Å². The first-order valence-electron chi connectivity index (χ1n) is 5.13. The molecule has 0 aliphatic carbocycles. The van der Waals surface area contributed by atoms with Crippen molar-refractivity contribution in [3.05, 3.63) is 12.7 Å². The second-order valence-electron chi connectivity index (χ2n) is 4.79. The van der Waals surface area contributed by atoms with E-state index in [0.717, 1.165) is 0 Å². The van der Waals surface area contributed by atoms with Crippen molar-refractivity contribution in [2.24, 2.45) is 0 Å². The van der Waals surface area contributed by atoms with Crippen LogP contribution in [0.25, 0.3) is 0 Å². The molecule has 0 aromatic rings. The highest BCUT2D eigenvalue weighted by atomic mass is 16.6. The van der Waals surface area contributed by atoms with Crippen molar-refractivity contribution >= 4 is 6.09 Å². The molecular weight excluding hydrogens is 194 g/mol. The molecule has 1 heterocycles. The lowest BCUT2D eigenvalue weighted by atomic mass is 9.97. The Morgan fingerprint density at radius 1 is 1.67 bits per heavy atom. The van der Waals surface area contributed by atoms with Gasteiger partial charge >= 0.3 is 6.09 Å². The summed E-state index contributed by atoms with van der Waals surface area (Å²) in [5, 5.41) is 9.46. The lowest BCUT2D eigenvalue weighted by Crippen LogP contribution is -2.62. The molecule has 0 spiro atoms.